The zero-order valence-corrected chi connectivity index (χ0v) is 14.9. The predicted octanol–water partition coefficient (Wildman–Crippen LogP) is 3.37. The van der Waals surface area contributed by atoms with Gasteiger partial charge in [-0.15, -0.1) is 0 Å². The number of hydrogen-bond acceptors (Lipinski definition) is 3. The van der Waals surface area contributed by atoms with Gasteiger partial charge in [-0.25, -0.2) is 0 Å². The first kappa shape index (κ1) is 18.0. The van der Waals surface area contributed by atoms with Gasteiger partial charge in [0.2, 0.25) is 0 Å². The third-order valence-electron chi connectivity index (χ3n) is 3.39. The molecule has 0 saturated heterocycles. The van der Waals surface area contributed by atoms with Crippen molar-refractivity contribution in [1.29, 1.82) is 0 Å². The fourth-order valence-corrected chi connectivity index (χ4v) is 2.26. The van der Waals surface area contributed by atoms with E-state index < -0.39 is 0 Å². The first-order chi connectivity index (χ1) is 9.99. The molecule has 0 aliphatic carbocycles. The monoisotopic (exact) mass is 356 g/mol. The molecule has 1 rings (SSSR count). The topological polar surface area (TPSA) is 41.6 Å². The summed E-state index contributed by atoms with van der Waals surface area (Å²) in [5.41, 5.74) is 1.06. The summed E-state index contributed by atoms with van der Waals surface area (Å²) in [4.78, 5) is 13.5. The van der Waals surface area contributed by atoms with Crippen LogP contribution < -0.4 is 10.1 Å². The molecular weight excluding hydrogens is 332 g/mol. The average molecular weight is 357 g/mol. The van der Waals surface area contributed by atoms with Crippen molar-refractivity contribution < 1.29 is 9.53 Å². The van der Waals surface area contributed by atoms with Gasteiger partial charge in [-0.1, -0.05) is 22.9 Å². The highest BCUT2D eigenvalue weighted by Gasteiger charge is 2.14. The number of nitrogens with one attached hydrogen (secondary N) is 1. The summed E-state index contributed by atoms with van der Waals surface area (Å²) in [5, 5.41) is 3.44. The molecule has 0 spiro atoms. The summed E-state index contributed by atoms with van der Waals surface area (Å²) in [6.07, 6.45) is 1.08. The molecule has 1 atom stereocenters. The van der Waals surface area contributed by atoms with Crippen LogP contribution in [0.2, 0.25) is 0 Å². The minimum Gasteiger partial charge on any atom is -0.483 e. The van der Waals surface area contributed by atoms with Gasteiger partial charge in [0.05, 0.1) is 0 Å². The van der Waals surface area contributed by atoms with Gasteiger partial charge in [-0.2, -0.15) is 0 Å². The van der Waals surface area contributed by atoms with Crippen LogP contribution in [0.4, 0.5) is 0 Å². The van der Waals surface area contributed by atoms with Gasteiger partial charge in [0.1, 0.15) is 5.75 Å². The molecule has 118 valence electrons. The van der Waals surface area contributed by atoms with Gasteiger partial charge in [-0.05, 0) is 45.0 Å². The van der Waals surface area contributed by atoms with Crippen molar-refractivity contribution in [3.63, 3.8) is 0 Å². The molecule has 1 N–H and O–H groups in total. The van der Waals surface area contributed by atoms with E-state index in [4.69, 9.17) is 4.74 Å². The van der Waals surface area contributed by atoms with Crippen LogP contribution in [0.15, 0.2) is 22.7 Å². The molecule has 21 heavy (non-hydrogen) atoms. The normalized spacial score (nSPS) is 12.0. The first-order valence-corrected chi connectivity index (χ1v) is 8.18. The minimum atomic E-state index is -0.0134. The molecular formula is C16H25BrN2O2. The van der Waals surface area contributed by atoms with E-state index in [0.29, 0.717) is 6.54 Å². The number of carbonyl (C=O) groups is 1. The smallest absolute Gasteiger partial charge is 0.260 e. The van der Waals surface area contributed by atoms with Gasteiger partial charge in [0.25, 0.3) is 5.91 Å². The van der Waals surface area contributed by atoms with E-state index in [1.165, 1.54) is 0 Å². The second-order valence-corrected chi connectivity index (χ2v) is 5.97. The van der Waals surface area contributed by atoms with Crippen LogP contribution in [0.3, 0.4) is 0 Å². The maximum absolute atomic E-state index is 11.8. The van der Waals surface area contributed by atoms with Crippen molar-refractivity contribution >= 4 is 21.8 Å². The summed E-state index contributed by atoms with van der Waals surface area (Å²) in [6, 6.07) is 6.05. The quantitative estimate of drug-likeness (QED) is 0.776. The van der Waals surface area contributed by atoms with Gasteiger partial charge >= 0.3 is 0 Å². The van der Waals surface area contributed by atoms with Crippen LogP contribution in [0, 0.1) is 0 Å². The largest absolute Gasteiger partial charge is 0.483 e. The Morgan fingerprint density at radius 2 is 2.14 bits per heavy atom. The SMILES string of the molecule is CCCNC(C)c1cc(Br)ccc1OCC(=O)N(C)CC. The number of benzene rings is 1. The van der Waals surface area contributed by atoms with Crippen molar-refractivity contribution in [2.75, 3.05) is 26.7 Å². The summed E-state index contributed by atoms with van der Waals surface area (Å²) >= 11 is 3.49. The van der Waals surface area contributed by atoms with Crippen molar-refractivity contribution in [2.45, 2.75) is 33.2 Å². The van der Waals surface area contributed by atoms with Gasteiger partial charge < -0.3 is 15.0 Å². The third-order valence-corrected chi connectivity index (χ3v) is 3.88. The van der Waals surface area contributed by atoms with E-state index in [9.17, 15) is 4.79 Å². The molecule has 0 aliphatic heterocycles. The molecule has 0 aliphatic rings. The van der Waals surface area contributed by atoms with Crippen molar-refractivity contribution in [2.24, 2.45) is 0 Å². The Hall–Kier alpha value is -1.07. The van der Waals surface area contributed by atoms with E-state index in [0.717, 1.165) is 28.8 Å². The lowest BCUT2D eigenvalue weighted by molar-refractivity contribution is -0.131. The Morgan fingerprint density at radius 1 is 1.43 bits per heavy atom. The van der Waals surface area contributed by atoms with Gasteiger partial charge in [0.15, 0.2) is 6.61 Å². The number of amides is 1. The van der Waals surface area contributed by atoms with E-state index in [-0.39, 0.29) is 18.6 Å². The van der Waals surface area contributed by atoms with Crippen molar-refractivity contribution in [3.8, 4) is 5.75 Å². The molecule has 4 nitrogen and oxygen atoms in total. The zero-order valence-electron chi connectivity index (χ0n) is 13.3. The standard InChI is InChI=1S/C16H25BrN2O2/c1-5-9-18-12(3)14-10-13(17)7-8-15(14)21-11-16(20)19(4)6-2/h7-8,10,12,18H,5-6,9,11H2,1-4H3. The Kier molecular flexibility index (Phi) is 7.75. The van der Waals surface area contributed by atoms with Crippen molar-refractivity contribution in [3.05, 3.63) is 28.2 Å². The Balaban J connectivity index is 2.79. The van der Waals surface area contributed by atoms with Crippen LogP contribution >= 0.6 is 15.9 Å². The average Bonchev–Trinajstić information content (AvgIpc) is 2.49. The molecule has 1 aromatic carbocycles. The highest BCUT2D eigenvalue weighted by molar-refractivity contribution is 9.10. The zero-order chi connectivity index (χ0) is 15.8. The predicted molar refractivity (Wildman–Crippen MR) is 89.7 cm³/mol. The number of carbonyl (C=O) groups excluding carboxylic acids is 1. The summed E-state index contributed by atoms with van der Waals surface area (Å²) in [5.74, 6) is 0.743. The number of likely N-dealkylation sites (N-methyl/N-ethyl adjacent to an activating group) is 1. The lowest BCUT2D eigenvalue weighted by atomic mass is 10.1. The molecule has 0 heterocycles. The van der Waals surface area contributed by atoms with Crippen LogP contribution in [-0.2, 0) is 4.79 Å². The maximum atomic E-state index is 11.8. The molecule has 0 radical (unpaired) electrons. The number of halogens is 1. The molecule has 1 unspecified atom stereocenters. The van der Waals surface area contributed by atoms with Crippen LogP contribution in [0.1, 0.15) is 38.8 Å². The molecule has 0 bridgehead atoms. The van der Waals surface area contributed by atoms with Crippen LogP contribution in [0.25, 0.3) is 0 Å². The first-order valence-electron chi connectivity index (χ1n) is 7.39. The Labute approximate surface area is 136 Å². The van der Waals surface area contributed by atoms with Crippen molar-refractivity contribution in [1.82, 2.24) is 10.2 Å². The lowest BCUT2D eigenvalue weighted by Crippen LogP contribution is -2.31. The van der Waals surface area contributed by atoms with E-state index in [1.807, 2.05) is 25.1 Å². The molecule has 5 heteroatoms. The highest BCUT2D eigenvalue weighted by atomic mass is 79.9. The molecule has 0 aromatic heterocycles. The number of nitrogens with zero attached hydrogens (tertiary/aromatic N) is 1. The number of hydrogen-bond donors (Lipinski definition) is 1. The van der Waals surface area contributed by atoms with Gasteiger partial charge in [-0.3, -0.25) is 4.79 Å². The molecule has 0 saturated carbocycles. The summed E-state index contributed by atoms with van der Waals surface area (Å²) in [6.45, 7) is 7.88. The second kappa shape index (κ2) is 9.05. The lowest BCUT2D eigenvalue weighted by Gasteiger charge is -2.20. The van der Waals surface area contributed by atoms with Crippen LogP contribution in [0.5, 0.6) is 5.75 Å². The molecule has 0 fully saturated rings. The highest BCUT2D eigenvalue weighted by Crippen LogP contribution is 2.28. The third kappa shape index (κ3) is 5.67. The Bertz CT molecular complexity index is 466. The van der Waals surface area contributed by atoms with Crippen LogP contribution in [-0.4, -0.2) is 37.6 Å². The fourth-order valence-electron chi connectivity index (χ4n) is 1.89. The maximum Gasteiger partial charge on any atom is 0.260 e. The number of rotatable bonds is 8. The molecule has 1 aromatic rings. The van der Waals surface area contributed by atoms with E-state index in [1.54, 1.807) is 11.9 Å². The fraction of sp³-hybridized carbons (Fsp3) is 0.562. The minimum absolute atomic E-state index is 0.0134. The second-order valence-electron chi connectivity index (χ2n) is 5.05. The summed E-state index contributed by atoms with van der Waals surface area (Å²) < 4.78 is 6.73. The Morgan fingerprint density at radius 3 is 2.76 bits per heavy atom. The molecule has 1 amide bonds. The van der Waals surface area contributed by atoms with Gasteiger partial charge in [0, 0.05) is 29.7 Å². The van der Waals surface area contributed by atoms with E-state index in [2.05, 4.69) is 35.1 Å². The summed E-state index contributed by atoms with van der Waals surface area (Å²) in [7, 11) is 1.78. The van der Waals surface area contributed by atoms with E-state index >= 15 is 0 Å². The number of ether oxygens (including phenoxy) is 1.